The zero-order chi connectivity index (χ0) is 20.0. The standard InChI is InChI=1S/C22H26N4O3/c1-24-18-9-5-8-17(18)20(23-24)21(28)25-12-10-22(11-13-25)15-26(19(27)14-29-22)16-6-3-2-4-7-16/h2-4,6-7H,5,8-15H2,1H3. The minimum absolute atomic E-state index is 0.00983. The Labute approximate surface area is 170 Å². The average molecular weight is 394 g/mol. The van der Waals surface area contributed by atoms with E-state index in [4.69, 9.17) is 4.74 Å². The van der Waals surface area contributed by atoms with Gasteiger partial charge < -0.3 is 14.5 Å². The molecule has 2 fully saturated rings. The number of rotatable bonds is 2. The molecule has 0 atom stereocenters. The fourth-order valence-electron chi connectivity index (χ4n) is 4.91. The van der Waals surface area contributed by atoms with Crippen LogP contribution in [0.4, 0.5) is 5.69 Å². The third-order valence-electron chi connectivity index (χ3n) is 6.60. The van der Waals surface area contributed by atoms with Crippen LogP contribution in [0.2, 0.25) is 0 Å². The van der Waals surface area contributed by atoms with Crippen molar-refractivity contribution in [2.45, 2.75) is 37.7 Å². The van der Waals surface area contributed by atoms with E-state index in [0.717, 1.165) is 43.4 Å². The summed E-state index contributed by atoms with van der Waals surface area (Å²) in [5.41, 5.74) is 3.48. The highest BCUT2D eigenvalue weighted by molar-refractivity contribution is 5.95. The second-order valence-electron chi connectivity index (χ2n) is 8.33. The highest BCUT2D eigenvalue weighted by atomic mass is 16.5. The summed E-state index contributed by atoms with van der Waals surface area (Å²) in [6.07, 6.45) is 4.50. The minimum Gasteiger partial charge on any atom is -0.363 e. The molecule has 0 N–H and O–H groups in total. The molecule has 152 valence electrons. The quantitative estimate of drug-likeness (QED) is 0.781. The number of anilines is 1. The molecule has 0 bridgehead atoms. The smallest absolute Gasteiger partial charge is 0.274 e. The van der Waals surface area contributed by atoms with Crippen molar-refractivity contribution in [2.24, 2.45) is 7.05 Å². The molecule has 2 aliphatic heterocycles. The van der Waals surface area contributed by atoms with E-state index in [2.05, 4.69) is 5.10 Å². The van der Waals surface area contributed by atoms with Crippen LogP contribution in [0.25, 0.3) is 0 Å². The van der Waals surface area contributed by atoms with Gasteiger partial charge in [-0.05, 0) is 44.2 Å². The van der Waals surface area contributed by atoms with Gasteiger partial charge in [0.1, 0.15) is 6.61 Å². The van der Waals surface area contributed by atoms with Gasteiger partial charge in [0.25, 0.3) is 11.8 Å². The van der Waals surface area contributed by atoms with Gasteiger partial charge in [0.05, 0.1) is 12.1 Å². The van der Waals surface area contributed by atoms with Crippen LogP contribution in [0, 0.1) is 0 Å². The second-order valence-corrected chi connectivity index (χ2v) is 8.33. The molecule has 29 heavy (non-hydrogen) atoms. The molecular weight excluding hydrogens is 368 g/mol. The number of carbonyl (C=O) groups is 2. The molecule has 7 nitrogen and oxygen atoms in total. The first kappa shape index (κ1) is 18.4. The average Bonchev–Trinajstić information content (AvgIpc) is 3.35. The number of aryl methyl sites for hydroxylation is 1. The van der Waals surface area contributed by atoms with Gasteiger partial charge in [-0.3, -0.25) is 14.3 Å². The van der Waals surface area contributed by atoms with Gasteiger partial charge in [-0.15, -0.1) is 0 Å². The lowest BCUT2D eigenvalue weighted by molar-refractivity contribution is -0.143. The number of morpholine rings is 1. The first-order valence-corrected chi connectivity index (χ1v) is 10.4. The number of carbonyl (C=O) groups excluding carboxylic acids is 2. The third kappa shape index (κ3) is 3.13. The normalized spacial score (nSPS) is 20.9. The summed E-state index contributed by atoms with van der Waals surface area (Å²) in [6.45, 7) is 1.88. The van der Waals surface area contributed by atoms with E-state index in [-0.39, 0.29) is 24.0 Å². The molecule has 2 aromatic rings. The van der Waals surface area contributed by atoms with E-state index in [1.807, 2.05) is 51.9 Å². The van der Waals surface area contributed by atoms with Gasteiger partial charge in [-0.1, -0.05) is 18.2 Å². The number of amides is 2. The number of likely N-dealkylation sites (tertiary alicyclic amines) is 1. The van der Waals surface area contributed by atoms with Crippen LogP contribution in [0.3, 0.4) is 0 Å². The fraction of sp³-hybridized carbons (Fsp3) is 0.500. The van der Waals surface area contributed by atoms with E-state index in [1.54, 1.807) is 0 Å². The largest absolute Gasteiger partial charge is 0.363 e. The number of piperidine rings is 1. The van der Waals surface area contributed by atoms with Crippen LogP contribution in [0.15, 0.2) is 30.3 Å². The van der Waals surface area contributed by atoms with Gasteiger partial charge in [0.15, 0.2) is 5.69 Å². The lowest BCUT2D eigenvalue weighted by Gasteiger charge is -2.46. The number of para-hydroxylation sites is 1. The fourth-order valence-corrected chi connectivity index (χ4v) is 4.91. The maximum absolute atomic E-state index is 13.1. The van der Waals surface area contributed by atoms with Crippen molar-refractivity contribution in [3.8, 4) is 0 Å². The topological polar surface area (TPSA) is 67.7 Å². The molecule has 2 saturated heterocycles. The minimum atomic E-state index is -0.382. The Morgan fingerprint density at radius 3 is 2.66 bits per heavy atom. The van der Waals surface area contributed by atoms with Crippen molar-refractivity contribution in [1.29, 1.82) is 0 Å². The molecule has 0 saturated carbocycles. The number of hydrogen-bond donors (Lipinski definition) is 0. The van der Waals surface area contributed by atoms with E-state index in [0.29, 0.717) is 25.3 Å². The summed E-state index contributed by atoms with van der Waals surface area (Å²) in [7, 11) is 1.93. The molecule has 3 aliphatic rings. The lowest BCUT2D eigenvalue weighted by atomic mass is 9.88. The van der Waals surface area contributed by atoms with Gasteiger partial charge >= 0.3 is 0 Å². The van der Waals surface area contributed by atoms with Crippen molar-refractivity contribution in [2.75, 3.05) is 31.1 Å². The van der Waals surface area contributed by atoms with Gasteiger partial charge in [0, 0.05) is 37.1 Å². The second kappa shape index (κ2) is 6.99. The molecule has 0 unspecified atom stereocenters. The molecule has 1 aliphatic carbocycles. The summed E-state index contributed by atoms with van der Waals surface area (Å²) in [5.74, 6) is 0.0229. The van der Waals surface area contributed by atoms with Crippen molar-refractivity contribution >= 4 is 17.5 Å². The van der Waals surface area contributed by atoms with E-state index in [1.165, 1.54) is 5.69 Å². The summed E-state index contributed by atoms with van der Waals surface area (Å²) < 4.78 is 7.90. The zero-order valence-corrected chi connectivity index (χ0v) is 16.8. The van der Waals surface area contributed by atoms with Crippen molar-refractivity contribution in [3.05, 3.63) is 47.3 Å². The van der Waals surface area contributed by atoms with Gasteiger partial charge in [0.2, 0.25) is 0 Å². The molecular formula is C22H26N4O3. The Hall–Kier alpha value is -2.67. The Morgan fingerprint density at radius 2 is 1.90 bits per heavy atom. The van der Waals surface area contributed by atoms with Crippen LogP contribution in [0.5, 0.6) is 0 Å². The molecule has 2 amide bonds. The van der Waals surface area contributed by atoms with Gasteiger partial charge in [-0.25, -0.2) is 0 Å². The Bertz CT molecular complexity index is 944. The molecule has 1 aromatic carbocycles. The summed E-state index contributed by atoms with van der Waals surface area (Å²) in [5, 5.41) is 4.51. The van der Waals surface area contributed by atoms with E-state index in [9.17, 15) is 9.59 Å². The summed E-state index contributed by atoms with van der Waals surface area (Å²) in [4.78, 5) is 29.3. The molecule has 1 aromatic heterocycles. The van der Waals surface area contributed by atoms with Gasteiger partial charge in [-0.2, -0.15) is 5.10 Å². The number of nitrogens with zero attached hydrogens (tertiary/aromatic N) is 4. The van der Waals surface area contributed by atoms with Crippen LogP contribution >= 0.6 is 0 Å². The first-order chi connectivity index (χ1) is 14.1. The maximum atomic E-state index is 13.1. The monoisotopic (exact) mass is 394 g/mol. The predicted molar refractivity (Wildman–Crippen MR) is 108 cm³/mol. The maximum Gasteiger partial charge on any atom is 0.274 e. The molecule has 7 heteroatoms. The van der Waals surface area contributed by atoms with Crippen LogP contribution in [0.1, 0.15) is 41.0 Å². The Balaban J connectivity index is 1.29. The predicted octanol–water partition coefficient (Wildman–Crippen LogP) is 1.95. The van der Waals surface area contributed by atoms with Crippen LogP contribution < -0.4 is 4.90 Å². The Morgan fingerprint density at radius 1 is 1.14 bits per heavy atom. The first-order valence-electron chi connectivity index (χ1n) is 10.4. The van der Waals surface area contributed by atoms with Crippen LogP contribution in [-0.2, 0) is 29.4 Å². The lowest BCUT2D eigenvalue weighted by Crippen LogP contribution is -2.59. The molecule has 3 heterocycles. The molecule has 0 radical (unpaired) electrons. The number of aromatic nitrogens is 2. The highest BCUT2D eigenvalue weighted by Crippen LogP contribution is 2.34. The van der Waals surface area contributed by atoms with Crippen LogP contribution in [-0.4, -0.2) is 58.3 Å². The summed E-state index contributed by atoms with van der Waals surface area (Å²) >= 11 is 0. The van der Waals surface area contributed by atoms with Crippen molar-refractivity contribution < 1.29 is 14.3 Å². The number of fused-ring (bicyclic) bond motifs is 1. The Kier molecular flexibility index (Phi) is 4.42. The molecule has 5 rings (SSSR count). The zero-order valence-electron chi connectivity index (χ0n) is 16.8. The number of hydrogen-bond acceptors (Lipinski definition) is 4. The van der Waals surface area contributed by atoms with E-state index >= 15 is 0 Å². The highest BCUT2D eigenvalue weighted by Gasteiger charge is 2.44. The van der Waals surface area contributed by atoms with Crippen molar-refractivity contribution in [3.63, 3.8) is 0 Å². The van der Waals surface area contributed by atoms with Crippen molar-refractivity contribution in [1.82, 2.24) is 14.7 Å². The third-order valence-corrected chi connectivity index (χ3v) is 6.60. The SMILES string of the molecule is Cn1nc(C(=O)N2CCC3(CC2)CN(c2ccccc2)C(=O)CO3)c2c1CCC2. The summed E-state index contributed by atoms with van der Waals surface area (Å²) in [6, 6.07) is 9.74. The molecule has 1 spiro atoms. The number of benzene rings is 1. The number of ether oxygens (including phenoxy) is 1. The van der Waals surface area contributed by atoms with E-state index < -0.39 is 0 Å².